The number of nitrogens with zero attached hydrogens (tertiary/aromatic N) is 4. The molecule has 0 radical (unpaired) electrons. The first-order valence-corrected chi connectivity index (χ1v) is 8.58. The molecule has 2 aliphatic rings. The van der Waals surface area contributed by atoms with Crippen LogP contribution >= 0.6 is 0 Å². The molecular formula is C17H28N4O. The van der Waals surface area contributed by atoms with Gasteiger partial charge in [0.2, 0.25) is 5.91 Å². The van der Waals surface area contributed by atoms with Gasteiger partial charge in [0.25, 0.3) is 0 Å². The molecule has 3 rings (SSSR count). The number of hydrogen-bond acceptors (Lipinski definition) is 3. The lowest BCUT2D eigenvalue weighted by Crippen LogP contribution is -2.52. The number of amides is 1. The van der Waals surface area contributed by atoms with Crippen molar-refractivity contribution >= 4 is 5.91 Å². The SMILES string of the molecule is Cc1cc(C)n(C[C@H]2CCCCN2C(=O)[C@@H]2CCCN2C)n1. The number of hydrogen-bond donors (Lipinski definition) is 0. The van der Waals surface area contributed by atoms with E-state index in [1.165, 1.54) is 12.1 Å². The van der Waals surface area contributed by atoms with E-state index in [0.29, 0.717) is 11.9 Å². The molecule has 0 aliphatic carbocycles. The van der Waals surface area contributed by atoms with Crippen LogP contribution in [0.5, 0.6) is 0 Å². The third kappa shape index (κ3) is 3.05. The Balaban J connectivity index is 1.73. The van der Waals surface area contributed by atoms with Crippen LogP contribution in [0.2, 0.25) is 0 Å². The van der Waals surface area contributed by atoms with E-state index in [0.717, 1.165) is 51.0 Å². The maximum Gasteiger partial charge on any atom is 0.240 e. The van der Waals surface area contributed by atoms with E-state index in [9.17, 15) is 4.79 Å². The number of likely N-dealkylation sites (tertiary alicyclic amines) is 2. The Hall–Kier alpha value is -1.36. The minimum atomic E-state index is 0.0982. The van der Waals surface area contributed by atoms with Gasteiger partial charge in [-0.05, 0) is 65.6 Å². The third-order valence-electron chi connectivity index (χ3n) is 5.20. The Morgan fingerprint density at radius 3 is 2.68 bits per heavy atom. The van der Waals surface area contributed by atoms with Gasteiger partial charge in [-0.1, -0.05) is 0 Å². The summed E-state index contributed by atoms with van der Waals surface area (Å²) in [5, 5.41) is 4.58. The number of piperidine rings is 1. The Kier molecular flexibility index (Phi) is 4.52. The minimum absolute atomic E-state index is 0.0982. The molecule has 0 aromatic carbocycles. The summed E-state index contributed by atoms with van der Waals surface area (Å²) in [5.41, 5.74) is 2.25. The molecule has 5 heteroatoms. The van der Waals surface area contributed by atoms with Gasteiger partial charge in [0.05, 0.1) is 24.3 Å². The standard InChI is InChI=1S/C17H28N4O/c1-13-11-14(2)21(18-13)12-15-7-4-5-10-20(15)17(22)16-8-6-9-19(16)3/h11,15-16H,4-10,12H2,1-3H3/t15-,16+/m1/s1. The largest absolute Gasteiger partial charge is 0.336 e. The van der Waals surface area contributed by atoms with Gasteiger partial charge >= 0.3 is 0 Å². The second kappa shape index (κ2) is 6.41. The first-order valence-electron chi connectivity index (χ1n) is 8.58. The van der Waals surface area contributed by atoms with Crippen molar-refractivity contribution < 1.29 is 4.79 Å². The van der Waals surface area contributed by atoms with Crippen molar-refractivity contribution in [2.75, 3.05) is 20.1 Å². The second-order valence-corrected chi connectivity index (χ2v) is 6.93. The van der Waals surface area contributed by atoms with Gasteiger partial charge in [0, 0.05) is 12.2 Å². The van der Waals surface area contributed by atoms with Crippen LogP contribution in [-0.2, 0) is 11.3 Å². The fourth-order valence-corrected chi connectivity index (χ4v) is 3.95. The topological polar surface area (TPSA) is 41.4 Å². The maximum absolute atomic E-state index is 13.0. The van der Waals surface area contributed by atoms with Crippen molar-refractivity contribution in [3.05, 3.63) is 17.5 Å². The van der Waals surface area contributed by atoms with Crippen LogP contribution in [0, 0.1) is 13.8 Å². The van der Waals surface area contributed by atoms with Crippen molar-refractivity contribution in [2.24, 2.45) is 0 Å². The Bertz CT molecular complexity index is 539. The highest BCUT2D eigenvalue weighted by molar-refractivity contribution is 5.82. The molecular weight excluding hydrogens is 276 g/mol. The zero-order chi connectivity index (χ0) is 15.7. The summed E-state index contributed by atoms with van der Waals surface area (Å²) in [6.07, 6.45) is 5.60. The van der Waals surface area contributed by atoms with Gasteiger partial charge in [-0.15, -0.1) is 0 Å². The monoisotopic (exact) mass is 304 g/mol. The van der Waals surface area contributed by atoms with Gasteiger partial charge < -0.3 is 4.90 Å². The van der Waals surface area contributed by atoms with Crippen molar-refractivity contribution in [3.8, 4) is 0 Å². The summed E-state index contributed by atoms with van der Waals surface area (Å²) in [6.45, 7) is 6.92. The van der Waals surface area contributed by atoms with Crippen molar-refractivity contribution in [2.45, 2.75) is 64.6 Å². The van der Waals surface area contributed by atoms with Gasteiger partial charge in [0.15, 0.2) is 0 Å². The fraction of sp³-hybridized carbons (Fsp3) is 0.765. The zero-order valence-electron chi connectivity index (χ0n) is 14.1. The van der Waals surface area contributed by atoms with E-state index in [-0.39, 0.29) is 6.04 Å². The van der Waals surface area contributed by atoms with E-state index >= 15 is 0 Å². The molecule has 0 bridgehead atoms. The Morgan fingerprint density at radius 1 is 1.23 bits per heavy atom. The van der Waals surface area contributed by atoms with Crippen molar-refractivity contribution in [1.82, 2.24) is 19.6 Å². The summed E-state index contributed by atoms with van der Waals surface area (Å²) in [7, 11) is 2.08. The first-order chi connectivity index (χ1) is 10.6. The summed E-state index contributed by atoms with van der Waals surface area (Å²) in [5.74, 6) is 0.339. The molecule has 22 heavy (non-hydrogen) atoms. The Labute approximate surface area is 133 Å². The average Bonchev–Trinajstić information content (AvgIpc) is 3.05. The minimum Gasteiger partial charge on any atom is -0.336 e. The van der Waals surface area contributed by atoms with Crippen LogP contribution in [0.4, 0.5) is 0 Å². The predicted molar refractivity (Wildman–Crippen MR) is 86.7 cm³/mol. The number of carbonyl (C=O) groups excluding carboxylic acids is 1. The molecule has 2 saturated heterocycles. The molecule has 2 aliphatic heterocycles. The molecule has 2 fully saturated rings. The number of aromatic nitrogens is 2. The molecule has 5 nitrogen and oxygen atoms in total. The van der Waals surface area contributed by atoms with E-state index in [4.69, 9.17) is 0 Å². The van der Waals surface area contributed by atoms with Crippen LogP contribution in [0.1, 0.15) is 43.5 Å². The van der Waals surface area contributed by atoms with Crippen LogP contribution in [-0.4, -0.2) is 57.7 Å². The lowest BCUT2D eigenvalue weighted by atomic mass is 10.00. The lowest BCUT2D eigenvalue weighted by Gasteiger charge is -2.38. The lowest BCUT2D eigenvalue weighted by molar-refractivity contribution is -0.139. The van der Waals surface area contributed by atoms with E-state index in [2.05, 4.69) is 39.6 Å². The van der Waals surface area contributed by atoms with Gasteiger partial charge in [-0.25, -0.2) is 0 Å². The van der Waals surface area contributed by atoms with Crippen LogP contribution < -0.4 is 0 Å². The smallest absolute Gasteiger partial charge is 0.240 e. The van der Waals surface area contributed by atoms with E-state index < -0.39 is 0 Å². The predicted octanol–water partition coefficient (Wildman–Crippen LogP) is 1.98. The first kappa shape index (κ1) is 15.5. The molecule has 0 N–H and O–H groups in total. The highest BCUT2D eigenvalue weighted by Gasteiger charge is 2.35. The van der Waals surface area contributed by atoms with Gasteiger partial charge in [-0.3, -0.25) is 14.4 Å². The summed E-state index contributed by atoms with van der Waals surface area (Å²) < 4.78 is 2.07. The number of aryl methyl sites for hydroxylation is 2. The molecule has 1 aromatic heterocycles. The molecule has 3 heterocycles. The van der Waals surface area contributed by atoms with Gasteiger partial charge in [-0.2, -0.15) is 5.10 Å². The molecule has 122 valence electrons. The summed E-state index contributed by atoms with van der Waals surface area (Å²) in [6, 6.07) is 2.51. The highest BCUT2D eigenvalue weighted by Crippen LogP contribution is 2.24. The molecule has 0 spiro atoms. The fourth-order valence-electron chi connectivity index (χ4n) is 3.95. The number of rotatable bonds is 3. The molecule has 0 unspecified atom stereocenters. The maximum atomic E-state index is 13.0. The average molecular weight is 304 g/mol. The molecule has 2 atom stereocenters. The van der Waals surface area contributed by atoms with E-state index in [1.807, 2.05) is 6.92 Å². The number of carbonyl (C=O) groups is 1. The zero-order valence-corrected chi connectivity index (χ0v) is 14.1. The summed E-state index contributed by atoms with van der Waals surface area (Å²) >= 11 is 0. The van der Waals surface area contributed by atoms with Crippen LogP contribution in [0.3, 0.4) is 0 Å². The summed E-state index contributed by atoms with van der Waals surface area (Å²) in [4.78, 5) is 17.3. The Morgan fingerprint density at radius 2 is 2.05 bits per heavy atom. The number of likely N-dealkylation sites (N-methyl/N-ethyl adjacent to an activating group) is 1. The van der Waals surface area contributed by atoms with Crippen LogP contribution in [0.15, 0.2) is 6.07 Å². The molecule has 0 saturated carbocycles. The third-order valence-corrected chi connectivity index (χ3v) is 5.20. The normalized spacial score (nSPS) is 26.6. The van der Waals surface area contributed by atoms with E-state index in [1.54, 1.807) is 0 Å². The van der Waals surface area contributed by atoms with Gasteiger partial charge in [0.1, 0.15) is 0 Å². The second-order valence-electron chi connectivity index (χ2n) is 6.93. The van der Waals surface area contributed by atoms with Crippen LogP contribution in [0.25, 0.3) is 0 Å². The highest BCUT2D eigenvalue weighted by atomic mass is 16.2. The quantitative estimate of drug-likeness (QED) is 0.857. The molecule has 1 amide bonds. The van der Waals surface area contributed by atoms with Crippen molar-refractivity contribution in [3.63, 3.8) is 0 Å². The van der Waals surface area contributed by atoms with Crippen molar-refractivity contribution in [1.29, 1.82) is 0 Å². The molecule has 1 aromatic rings.